The van der Waals surface area contributed by atoms with E-state index in [-0.39, 0.29) is 11.9 Å². The molecule has 43 heavy (non-hydrogen) atoms. The third-order valence-corrected chi connectivity index (χ3v) is 9.18. The number of carbonyl (C=O) groups excluding carboxylic acids is 1. The number of rotatable bonds is 9. The second kappa shape index (κ2) is 13.0. The Balaban J connectivity index is 1.30. The minimum atomic E-state index is -0.0584. The van der Waals surface area contributed by atoms with Crippen molar-refractivity contribution in [2.45, 2.75) is 58.2 Å². The lowest BCUT2D eigenvalue weighted by atomic mass is 9.95. The van der Waals surface area contributed by atoms with E-state index >= 15 is 0 Å². The molecule has 3 aliphatic rings. The van der Waals surface area contributed by atoms with Crippen molar-refractivity contribution in [2.75, 3.05) is 53.5 Å². The van der Waals surface area contributed by atoms with Gasteiger partial charge in [0.2, 0.25) is 0 Å². The number of aromatic nitrogens is 2. The van der Waals surface area contributed by atoms with Crippen LogP contribution in [0.5, 0.6) is 0 Å². The number of allylic oxidation sites excluding steroid dienone is 3. The second-order valence-corrected chi connectivity index (χ2v) is 12.7. The van der Waals surface area contributed by atoms with Crippen LogP contribution in [0.25, 0.3) is 22.0 Å². The molecule has 1 aliphatic carbocycles. The minimum Gasteiger partial charge on any atom is -0.381 e. The fourth-order valence-electron chi connectivity index (χ4n) is 6.91. The first-order chi connectivity index (χ1) is 20.9. The van der Waals surface area contributed by atoms with E-state index in [1.807, 2.05) is 6.20 Å². The number of morpholine rings is 1. The maximum absolute atomic E-state index is 14.0. The average Bonchev–Trinajstić information content (AvgIpc) is 3.67. The zero-order chi connectivity index (χ0) is 29.9. The predicted octanol–water partition coefficient (Wildman–Crippen LogP) is 5.13. The topological polar surface area (TPSA) is 74.7 Å². The summed E-state index contributed by atoms with van der Waals surface area (Å²) < 4.78 is 7.68. The van der Waals surface area contributed by atoms with Crippen LogP contribution in [0.15, 0.2) is 65.5 Å². The van der Waals surface area contributed by atoms with Gasteiger partial charge in [-0.1, -0.05) is 37.1 Å². The van der Waals surface area contributed by atoms with Gasteiger partial charge in [0.05, 0.1) is 42.6 Å². The van der Waals surface area contributed by atoms with Gasteiger partial charge in [-0.05, 0) is 86.8 Å². The van der Waals surface area contributed by atoms with Crippen molar-refractivity contribution in [3.63, 3.8) is 0 Å². The number of dihydropyridines is 1. The first kappa shape index (κ1) is 29.6. The maximum Gasteiger partial charge on any atom is 0.252 e. The first-order valence-electron chi connectivity index (χ1n) is 15.8. The number of nitrogens with one attached hydrogen (secondary N) is 2. The van der Waals surface area contributed by atoms with Gasteiger partial charge in [-0.15, -0.1) is 0 Å². The number of hydrogen-bond donors (Lipinski definition) is 2. The molecule has 1 saturated carbocycles. The van der Waals surface area contributed by atoms with Crippen molar-refractivity contribution in [3.05, 3.63) is 76.6 Å². The molecular weight excluding hydrogens is 536 g/mol. The number of likely N-dealkylation sites (N-methyl/N-ethyl adjacent to an activating group) is 1. The molecule has 2 aromatic carbocycles. The van der Waals surface area contributed by atoms with Crippen molar-refractivity contribution in [2.24, 2.45) is 0 Å². The zero-order valence-electron chi connectivity index (χ0n) is 26.2. The van der Waals surface area contributed by atoms with Crippen LogP contribution in [0.2, 0.25) is 0 Å². The monoisotopic (exact) mass is 582 g/mol. The maximum atomic E-state index is 14.0. The number of fused-ring (bicyclic) bond motifs is 1. The van der Waals surface area contributed by atoms with E-state index in [0.29, 0.717) is 18.2 Å². The van der Waals surface area contributed by atoms with Gasteiger partial charge in [0, 0.05) is 43.8 Å². The van der Waals surface area contributed by atoms with Crippen molar-refractivity contribution in [1.82, 2.24) is 30.2 Å². The van der Waals surface area contributed by atoms with Crippen molar-refractivity contribution >= 4 is 16.8 Å². The predicted molar refractivity (Wildman–Crippen MR) is 173 cm³/mol. The number of hydrogen-bond acceptors (Lipinski definition) is 6. The highest BCUT2D eigenvalue weighted by atomic mass is 16.5. The van der Waals surface area contributed by atoms with Crippen LogP contribution in [0.4, 0.5) is 0 Å². The molecule has 1 saturated heterocycles. The summed E-state index contributed by atoms with van der Waals surface area (Å²) in [6, 6.07) is 13.7. The Bertz CT molecular complexity index is 1510. The highest BCUT2D eigenvalue weighted by Gasteiger charge is 2.25. The van der Waals surface area contributed by atoms with Crippen molar-refractivity contribution in [1.29, 1.82) is 0 Å². The van der Waals surface area contributed by atoms with Gasteiger partial charge in [-0.25, -0.2) is 0 Å². The molecule has 3 heterocycles. The Kier molecular flexibility index (Phi) is 8.98. The summed E-state index contributed by atoms with van der Waals surface area (Å²) in [5.74, 6) is -0.0584. The van der Waals surface area contributed by atoms with Gasteiger partial charge in [0.15, 0.2) is 0 Å². The molecule has 2 N–H and O–H groups in total. The lowest BCUT2D eigenvalue weighted by Gasteiger charge is -2.31. The molecule has 0 bridgehead atoms. The van der Waals surface area contributed by atoms with Gasteiger partial charge in [-0.3, -0.25) is 14.4 Å². The molecule has 1 amide bonds. The molecule has 3 aromatic rings. The number of ether oxygens (including phenoxy) is 1. The van der Waals surface area contributed by atoms with Crippen LogP contribution >= 0.6 is 0 Å². The molecule has 1 aromatic heterocycles. The number of amides is 1. The normalized spacial score (nSPS) is 20.1. The molecule has 0 spiro atoms. The fraction of sp³-hybridized carbons (Fsp3) is 0.486. The molecule has 228 valence electrons. The average molecular weight is 583 g/mol. The SMILES string of the molecule is CC1=CC(C)=C(CNC(=O)c2cc(-c3ccc(CN4CCOCC4)cc3)cc3c2cnn3C2CCCC2)C(CN(C)C)N1. The van der Waals surface area contributed by atoms with Gasteiger partial charge in [-0.2, -0.15) is 5.10 Å². The molecule has 2 fully saturated rings. The van der Waals surface area contributed by atoms with E-state index in [1.54, 1.807) is 0 Å². The molecule has 1 atom stereocenters. The quantitative estimate of drug-likeness (QED) is 0.364. The van der Waals surface area contributed by atoms with Crippen LogP contribution in [0, 0.1) is 0 Å². The standard InChI is InChI=1S/C35H46N6O2/c1-24-17-25(2)38-33(23-39(3)4)31(24)20-36-35(42)30-18-28(19-34-32(30)21-37-41(34)29-7-5-6-8-29)27-11-9-26(10-12-27)22-40-13-15-43-16-14-40/h9-12,17-19,21,29,33,38H,5-8,13-16,20,22-23H2,1-4H3,(H,36,42). The van der Waals surface area contributed by atoms with E-state index in [0.717, 1.165) is 80.0 Å². The fourth-order valence-corrected chi connectivity index (χ4v) is 6.91. The molecule has 6 rings (SSSR count). The molecule has 8 nitrogen and oxygen atoms in total. The van der Waals surface area contributed by atoms with E-state index in [9.17, 15) is 4.79 Å². The summed E-state index contributed by atoms with van der Waals surface area (Å²) in [4.78, 5) is 18.6. The van der Waals surface area contributed by atoms with E-state index in [4.69, 9.17) is 9.84 Å². The largest absolute Gasteiger partial charge is 0.381 e. The summed E-state index contributed by atoms with van der Waals surface area (Å²) in [6.45, 7) is 10.1. The number of nitrogens with zero attached hydrogens (tertiary/aromatic N) is 4. The highest BCUT2D eigenvalue weighted by molar-refractivity contribution is 6.08. The summed E-state index contributed by atoms with van der Waals surface area (Å²) in [5, 5.41) is 12.6. The first-order valence-corrected chi connectivity index (χ1v) is 15.8. The smallest absolute Gasteiger partial charge is 0.252 e. The number of benzene rings is 2. The van der Waals surface area contributed by atoms with Crippen LogP contribution in [-0.4, -0.2) is 85.0 Å². The van der Waals surface area contributed by atoms with E-state index in [1.165, 1.54) is 29.6 Å². The van der Waals surface area contributed by atoms with Crippen molar-refractivity contribution < 1.29 is 9.53 Å². The molecule has 0 radical (unpaired) electrons. The van der Waals surface area contributed by atoms with Gasteiger partial charge in [0.1, 0.15) is 0 Å². The van der Waals surface area contributed by atoms with Crippen molar-refractivity contribution in [3.8, 4) is 11.1 Å². The van der Waals surface area contributed by atoms with Crippen LogP contribution in [-0.2, 0) is 11.3 Å². The van der Waals surface area contributed by atoms with E-state index in [2.05, 4.69) is 95.5 Å². The Labute approximate surface area is 255 Å². The Morgan fingerprint density at radius 2 is 1.81 bits per heavy atom. The van der Waals surface area contributed by atoms with Crippen LogP contribution < -0.4 is 10.6 Å². The molecule has 2 aliphatic heterocycles. The second-order valence-electron chi connectivity index (χ2n) is 12.7. The third-order valence-electron chi connectivity index (χ3n) is 9.18. The van der Waals surface area contributed by atoms with Crippen LogP contribution in [0.3, 0.4) is 0 Å². The summed E-state index contributed by atoms with van der Waals surface area (Å²) in [7, 11) is 4.17. The zero-order valence-corrected chi connectivity index (χ0v) is 26.2. The summed E-state index contributed by atoms with van der Waals surface area (Å²) >= 11 is 0. The third kappa shape index (κ3) is 6.71. The van der Waals surface area contributed by atoms with Gasteiger partial charge >= 0.3 is 0 Å². The molecule has 8 heteroatoms. The van der Waals surface area contributed by atoms with Crippen LogP contribution in [0.1, 0.15) is 61.5 Å². The highest BCUT2D eigenvalue weighted by Crippen LogP contribution is 2.35. The number of carbonyl (C=O) groups is 1. The lowest BCUT2D eigenvalue weighted by molar-refractivity contribution is 0.0342. The molecular formula is C35H46N6O2. The van der Waals surface area contributed by atoms with Gasteiger partial charge in [0.25, 0.3) is 5.91 Å². The minimum absolute atomic E-state index is 0.0584. The van der Waals surface area contributed by atoms with E-state index < -0.39 is 0 Å². The molecule has 1 unspecified atom stereocenters. The lowest BCUT2D eigenvalue weighted by Crippen LogP contribution is -2.44. The Morgan fingerprint density at radius 3 is 2.53 bits per heavy atom. The summed E-state index contributed by atoms with van der Waals surface area (Å²) in [6.07, 6.45) is 8.80. The Hall–Kier alpha value is -3.46. The van der Waals surface area contributed by atoms with Gasteiger partial charge < -0.3 is 20.3 Å². The summed E-state index contributed by atoms with van der Waals surface area (Å²) in [5.41, 5.74) is 8.78. The Morgan fingerprint density at radius 1 is 1.07 bits per heavy atom.